The molecule has 3 aromatic heterocycles. The van der Waals surface area contributed by atoms with Crippen molar-refractivity contribution >= 4 is 28.6 Å². The number of hydrogen-bond donors (Lipinski definition) is 2. The van der Waals surface area contributed by atoms with Gasteiger partial charge in [-0.2, -0.15) is 0 Å². The molecule has 0 aliphatic carbocycles. The van der Waals surface area contributed by atoms with Gasteiger partial charge < -0.3 is 14.8 Å². The Kier molecular flexibility index (Phi) is 5.15. The van der Waals surface area contributed by atoms with Crippen LogP contribution in [0.3, 0.4) is 0 Å². The van der Waals surface area contributed by atoms with Crippen molar-refractivity contribution in [1.82, 2.24) is 10.3 Å². The average Bonchev–Trinajstić information content (AvgIpc) is 3.47. The highest BCUT2D eigenvalue weighted by Crippen LogP contribution is 2.31. The van der Waals surface area contributed by atoms with Crippen LogP contribution >= 0.6 is 22.7 Å². The summed E-state index contributed by atoms with van der Waals surface area (Å²) in [6.07, 6.45) is 0.832. The summed E-state index contributed by atoms with van der Waals surface area (Å²) in [5.41, 5.74) is 1.33. The number of carbonyl (C=O) groups excluding carboxylic acids is 1. The van der Waals surface area contributed by atoms with Crippen molar-refractivity contribution in [3.05, 3.63) is 76.8 Å². The summed E-state index contributed by atoms with van der Waals surface area (Å²) in [5, 5.41) is 15.6. The number of thiazole rings is 1. The third-order valence-corrected chi connectivity index (χ3v) is 6.03. The molecule has 0 radical (unpaired) electrons. The quantitative estimate of drug-likeness (QED) is 0.500. The van der Waals surface area contributed by atoms with Crippen molar-refractivity contribution in [2.24, 2.45) is 0 Å². The molecule has 4 rings (SSSR count). The van der Waals surface area contributed by atoms with E-state index < -0.39 is 6.10 Å². The molecule has 4 aromatic rings. The van der Waals surface area contributed by atoms with E-state index in [0.29, 0.717) is 5.69 Å². The van der Waals surface area contributed by atoms with Crippen molar-refractivity contribution in [1.29, 1.82) is 0 Å². The number of hydrogen-bond acceptors (Lipinski definition) is 6. The van der Waals surface area contributed by atoms with E-state index in [9.17, 15) is 9.90 Å². The van der Waals surface area contributed by atoms with Gasteiger partial charge in [0.2, 0.25) is 0 Å². The molecule has 7 heteroatoms. The highest BCUT2D eigenvalue weighted by Gasteiger charge is 2.16. The number of rotatable bonds is 6. The minimum Gasteiger partial charge on any atom is -0.464 e. The first-order chi connectivity index (χ1) is 13.2. The van der Waals surface area contributed by atoms with Gasteiger partial charge in [0, 0.05) is 22.4 Å². The second kappa shape index (κ2) is 7.87. The lowest BCUT2D eigenvalue weighted by molar-refractivity contribution is 0.0914. The molecule has 0 aliphatic heterocycles. The monoisotopic (exact) mass is 396 g/mol. The summed E-state index contributed by atoms with van der Waals surface area (Å²) >= 11 is 2.86. The fourth-order valence-corrected chi connectivity index (χ4v) is 4.32. The Bertz CT molecular complexity index is 1020. The van der Waals surface area contributed by atoms with Gasteiger partial charge in [0.05, 0.1) is 11.1 Å². The van der Waals surface area contributed by atoms with Crippen LogP contribution in [0.25, 0.3) is 21.2 Å². The van der Waals surface area contributed by atoms with Crippen LogP contribution in [-0.4, -0.2) is 22.5 Å². The molecular weight excluding hydrogens is 380 g/mol. The van der Waals surface area contributed by atoms with Gasteiger partial charge in [-0.25, -0.2) is 4.98 Å². The Morgan fingerprint density at radius 2 is 2.00 bits per heavy atom. The minimum absolute atomic E-state index is 0.120. The molecular formula is C20H16N2O3S2. The molecule has 0 saturated heterocycles. The number of aromatic nitrogens is 1. The zero-order valence-electron chi connectivity index (χ0n) is 14.2. The molecule has 0 fully saturated rings. The fraction of sp³-hybridized carbons (Fsp3) is 0.100. The Balaban J connectivity index is 1.37. The van der Waals surface area contributed by atoms with Crippen LogP contribution in [0.15, 0.2) is 70.7 Å². The number of nitrogens with zero attached hydrogens (tertiary/aromatic N) is 1. The van der Waals surface area contributed by atoms with Gasteiger partial charge in [0.1, 0.15) is 22.6 Å². The molecule has 1 amide bonds. The molecule has 1 unspecified atom stereocenters. The van der Waals surface area contributed by atoms with E-state index in [1.165, 1.54) is 22.7 Å². The molecule has 0 aliphatic rings. The van der Waals surface area contributed by atoms with Gasteiger partial charge >= 0.3 is 0 Å². The first kappa shape index (κ1) is 17.7. The lowest BCUT2D eigenvalue weighted by atomic mass is 10.2. The van der Waals surface area contributed by atoms with Crippen LogP contribution in [0.5, 0.6) is 0 Å². The maximum Gasteiger partial charge on any atom is 0.270 e. The third kappa shape index (κ3) is 4.00. The summed E-state index contributed by atoms with van der Waals surface area (Å²) in [6.45, 7) is 0.120. The average molecular weight is 396 g/mol. The molecule has 0 bridgehead atoms. The molecule has 1 aromatic carbocycles. The van der Waals surface area contributed by atoms with Gasteiger partial charge in [0.15, 0.2) is 0 Å². The SMILES string of the molecule is O=C(NCC(O)c1ccc(-c2ccco2)s1)c1csc(-c2ccccc2)n1. The van der Waals surface area contributed by atoms with Crippen LogP contribution in [0, 0.1) is 0 Å². The van der Waals surface area contributed by atoms with Gasteiger partial charge in [-0.1, -0.05) is 30.3 Å². The normalized spacial score (nSPS) is 12.0. The van der Waals surface area contributed by atoms with E-state index in [-0.39, 0.29) is 12.5 Å². The summed E-state index contributed by atoms with van der Waals surface area (Å²) < 4.78 is 5.36. The molecule has 0 spiro atoms. The Hall–Kier alpha value is -2.74. The van der Waals surface area contributed by atoms with Crippen LogP contribution in [0.4, 0.5) is 0 Å². The van der Waals surface area contributed by atoms with Crippen molar-refractivity contribution in [3.8, 4) is 21.2 Å². The number of aliphatic hydroxyl groups excluding tert-OH is 1. The van der Waals surface area contributed by atoms with Gasteiger partial charge in [-0.15, -0.1) is 22.7 Å². The van der Waals surface area contributed by atoms with Crippen molar-refractivity contribution < 1.29 is 14.3 Å². The number of carbonyl (C=O) groups is 1. The predicted octanol–water partition coefficient (Wildman–Crippen LogP) is 4.60. The first-order valence-corrected chi connectivity index (χ1v) is 10.0. The van der Waals surface area contributed by atoms with E-state index in [2.05, 4.69) is 10.3 Å². The standard InChI is InChI=1S/C20H16N2O3S2/c23-15(17-8-9-18(27-17)16-7-4-10-25-16)11-21-19(24)14-12-26-20(22-14)13-5-2-1-3-6-13/h1-10,12,15,23H,11H2,(H,21,24). The van der Waals surface area contributed by atoms with Gasteiger partial charge in [0.25, 0.3) is 5.91 Å². The van der Waals surface area contributed by atoms with Crippen molar-refractivity contribution in [2.45, 2.75) is 6.10 Å². The van der Waals surface area contributed by atoms with Crippen LogP contribution in [-0.2, 0) is 0 Å². The number of amides is 1. The van der Waals surface area contributed by atoms with E-state index in [4.69, 9.17) is 4.42 Å². The van der Waals surface area contributed by atoms with Crippen LogP contribution < -0.4 is 5.32 Å². The molecule has 5 nitrogen and oxygen atoms in total. The van der Waals surface area contributed by atoms with Crippen LogP contribution in [0.2, 0.25) is 0 Å². The maximum atomic E-state index is 12.3. The lowest BCUT2D eigenvalue weighted by Gasteiger charge is -2.09. The first-order valence-electron chi connectivity index (χ1n) is 8.31. The van der Waals surface area contributed by atoms with E-state index in [1.54, 1.807) is 11.6 Å². The van der Waals surface area contributed by atoms with Gasteiger partial charge in [-0.05, 0) is 24.3 Å². The van der Waals surface area contributed by atoms with E-state index in [1.807, 2.05) is 54.6 Å². The summed E-state index contributed by atoms with van der Waals surface area (Å²) in [5.74, 6) is 0.466. The fourth-order valence-electron chi connectivity index (χ4n) is 2.55. The van der Waals surface area contributed by atoms with E-state index in [0.717, 1.165) is 26.1 Å². The summed E-state index contributed by atoms with van der Waals surface area (Å²) in [7, 11) is 0. The Morgan fingerprint density at radius 3 is 2.78 bits per heavy atom. The molecule has 2 N–H and O–H groups in total. The minimum atomic E-state index is -0.783. The number of benzene rings is 1. The number of nitrogens with one attached hydrogen (secondary N) is 1. The molecule has 27 heavy (non-hydrogen) atoms. The smallest absolute Gasteiger partial charge is 0.270 e. The highest BCUT2D eigenvalue weighted by molar-refractivity contribution is 7.15. The number of thiophene rings is 1. The number of furan rings is 1. The topological polar surface area (TPSA) is 75.4 Å². The summed E-state index contributed by atoms with van der Waals surface area (Å²) in [6, 6.07) is 17.2. The summed E-state index contributed by atoms with van der Waals surface area (Å²) in [4.78, 5) is 18.4. The Morgan fingerprint density at radius 1 is 1.15 bits per heavy atom. The van der Waals surface area contributed by atoms with Crippen molar-refractivity contribution in [2.75, 3.05) is 6.54 Å². The molecule has 3 heterocycles. The van der Waals surface area contributed by atoms with E-state index >= 15 is 0 Å². The Labute approximate surface area is 163 Å². The predicted molar refractivity (Wildman–Crippen MR) is 107 cm³/mol. The molecule has 136 valence electrons. The molecule has 0 saturated carbocycles. The second-order valence-corrected chi connectivity index (χ2v) is 7.78. The maximum absolute atomic E-state index is 12.3. The lowest BCUT2D eigenvalue weighted by Crippen LogP contribution is -2.28. The number of aliphatic hydroxyl groups is 1. The van der Waals surface area contributed by atoms with Crippen LogP contribution in [0.1, 0.15) is 21.5 Å². The zero-order chi connectivity index (χ0) is 18.6. The largest absolute Gasteiger partial charge is 0.464 e. The second-order valence-electron chi connectivity index (χ2n) is 5.81. The van der Waals surface area contributed by atoms with Gasteiger partial charge in [-0.3, -0.25) is 4.79 Å². The molecule has 1 atom stereocenters. The highest BCUT2D eigenvalue weighted by atomic mass is 32.1. The zero-order valence-corrected chi connectivity index (χ0v) is 15.8. The van der Waals surface area contributed by atoms with Crippen molar-refractivity contribution in [3.63, 3.8) is 0 Å². The third-order valence-electron chi connectivity index (χ3n) is 3.93.